The molecule has 61 heavy (non-hydrogen) atoms. The molecule has 0 saturated carbocycles. The van der Waals surface area contributed by atoms with E-state index in [4.69, 9.17) is 9.97 Å². The van der Waals surface area contributed by atoms with E-state index in [0.717, 1.165) is 33.7 Å². The monoisotopic (exact) mass is 794 g/mol. The molecule has 0 amide bonds. The number of rotatable bonds is 5. The summed E-state index contributed by atoms with van der Waals surface area (Å²) in [6.07, 6.45) is 2.04. The van der Waals surface area contributed by atoms with Crippen molar-refractivity contribution in [2.75, 3.05) is 0 Å². The van der Waals surface area contributed by atoms with E-state index in [1.807, 2.05) is 35.7 Å². The van der Waals surface area contributed by atoms with Gasteiger partial charge in [-0.3, -0.25) is 0 Å². The van der Waals surface area contributed by atoms with Gasteiger partial charge in [-0.15, -0.1) is 11.3 Å². The predicted molar refractivity (Wildman–Crippen MR) is 257 cm³/mol. The molecule has 0 unspecified atom stereocenters. The number of thiophene rings is 1. The molecular formula is C56H34N4S. The zero-order valence-corrected chi connectivity index (χ0v) is 33.6. The van der Waals surface area contributed by atoms with Crippen LogP contribution in [0.4, 0.5) is 0 Å². The van der Waals surface area contributed by atoms with Crippen LogP contribution in [0.3, 0.4) is 0 Å². The van der Waals surface area contributed by atoms with E-state index in [-0.39, 0.29) is 0 Å². The van der Waals surface area contributed by atoms with E-state index >= 15 is 0 Å². The SMILES string of the molecule is c1ccc(-c2ncc(-n3c4ccc(-c5ccc6c(c5)c5ccccc5n6-c5ccccc5)cc4c4c5ccccc5c5c6ccccc6sc5c43)c(-c3ccccc3)n2)cc1. The molecule has 4 aromatic heterocycles. The fourth-order valence-corrected chi connectivity index (χ4v) is 10.9. The minimum Gasteiger partial charge on any atom is -0.309 e. The van der Waals surface area contributed by atoms with Crippen molar-refractivity contribution in [2.24, 2.45) is 0 Å². The van der Waals surface area contributed by atoms with Gasteiger partial charge in [-0.2, -0.15) is 0 Å². The van der Waals surface area contributed by atoms with Crippen molar-refractivity contribution in [2.45, 2.75) is 0 Å². The van der Waals surface area contributed by atoms with Crippen molar-refractivity contribution >= 4 is 85.9 Å². The Hall–Kier alpha value is -7.86. The van der Waals surface area contributed by atoms with Gasteiger partial charge in [-0.05, 0) is 70.4 Å². The maximum Gasteiger partial charge on any atom is 0.159 e. The summed E-state index contributed by atoms with van der Waals surface area (Å²) in [6.45, 7) is 0. The smallest absolute Gasteiger partial charge is 0.159 e. The first kappa shape index (κ1) is 34.0. The number of fused-ring (bicyclic) bond motifs is 13. The highest BCUT2D eigenvalue weighted by molar-refractivity contribution is 7.27. The Morgan fingerprint density at radius 3 is 1.69 bits per heavy atom. The highest BCUT2D eigenvalue weighted by Gasteiger charge is 2.25. The lowest BCUT2D eigenvalue weighted by molar-refractivity contribution is 1.09. The van der Waals surface area contributed by atoms with E-state index in [0.29, 0.717) is 5.82 Å². The second-order valence-electron chi connectivity index (χ2n) is 15.7. The molecule has 284 valence electrons. The molecule has 9 aromatic carbocycles. The van der Waals surface area contributed by atoms with Gasteiger partial charge in [-0.25, -0.2) is 9.97 Å². The van der Waals surface area contributed by atoms with Crippen LogP contribution < -0.4 is 0 Å². The Kier molecular flexibility index (Phi) is 7.44. The second kappa shape index (κ2) is 13.3. The summed E-state index contributed by atoms with van der Waals surface area (Å²) in [6, 6.07) is 72.0. The lowest BCUT2D eigenvalue weighted by Crippen LogP contribution is -2.03. The van der Waals surface area contributed by atoms with Crippen molar-refractivity contribution < 1.29 is 0 Å². The van der Waals surface area contributed by atoms with Crippen LogP contribution in [0.1, 0.15) is 0 Å². The third-order valence-electron chi connectivity index (χ3n) is 12.4. The van der Waals surface area contributed by atoms with Gasteiger partial charge in [0.25, 0.3) is 0 Å². The molecule has 0 bridgehead atoms. The fraction of sp³-hybridized carbons (Fsp3) is 0. The summed E-state index contributed by atoms with van der Waals surface area (Å²) in [5.74, 6) is 0.702. The normalized spacial score (nSPS) is 11.9. The van der Waals surface area contributed by atoms with Crippen LogP contribution in [0.15, 0.2) is 206 Å². The number of benzene rings is 9. The van der Waals surface area contributed by atoms with Crippen LogP contribution >= 0.6 is 11.3 Å². The van der Waals surface area contributed by atoms with Crippen LogP contribution in [0.2, 0.25) is 0 Å². The third-order valence-corrected chi connectivity index (χ3v) is 13.5. The Balaban J connectivity index is 1.14. The quantitative estimate of drug-likeness (QED) is 0.174. The summed E-state index contributed by atoms with van der Waals surface area (Å²) < 4.78 is 7.36. The lowest BCUT2D eigenvalue weighted by atomic mass is 9.97. The topological polar surface area (TPSA) is 35.6 Å². The first-order valence-electron chi connectivity index (χ1n) is 20.7. The number of hydrogen-bond donors (Lipinski definition) is 0. The molecule has 13 aromatic rings. The van der Waals surface area contributed by atoms with Crippen molar-refractivity contribution in [3.8, 4) is 45.1 Å². The molecule has 4 heterocycles. The van der Waals surface area contributed by atoms with Crippen molar-refractivity contribution in [1.29, 1.82) is 0 Å². The molecule has 0 atom stereocenters. The Morgan fingerprint density at radius 1 is 0.393 bits per heavy atom. The molecule has 0 aliphatic heterocycles. The van der Waals surface area contributed by atoms with Crippen molar-refractivity contribution in [1.82, 2.24) is 19.1 Å². The number of nitrogens with zero attached hydrogens (tertiary/aromatic N) is 4. The van der Waals surface area contributed by atoms with E-state index in [1.165, 1.54) is 80.2 Å². The van der Waals surface area contributed by atoms with Crippen LogP contribution in [-0.4, -0.2) is 19.1 Å². The Labute approximate surface area is 354 Å². The zero-order chi connectivity index (χ0) is 40.0. The predicted octanol–water partition coefficient (Wildman–Crippen LogP) is 15.2. The first-order chi connectivity index (χ1) is 30.3. The van der Waals surface area contributed by atoms with Gasteiger partial charge in [-0.1, -0.05) is 152 Å². The van der Waals surface area contributed by atoms with Gasteiger partial charge in [0.2, 0.25) is 0 Å². The molecule has 0 saturated heterocycles. The molecule has 0 fully saturated rings. The number of aromatic nitrogens is 4. The highest BCUT2D eigenvalue weighted by atomic mass is 32.1. The van der Waals surface area contributed by atoms with E-state index in [9.17, 15) is 0 Å². The second-order valence-corrected chi connectivity index (χ2v) is 16.8. The summed E-state index contributed by atoms with van der Waals surface area (Å²) >= 11 is 1.87. The highest BCUT2D eigenvalue weighted by Crippen LogP contribution is 2.49. The average Bonchev–Trinajstić information content (AvgIpc) is 4.00. The Bertz CT molecular complexity index is 3860. The van der Waals surface area contributed by atoms with Crippen molar-refractivity contribution in [3.63, 3.8) is 0 Å². The van der Waals surface area contributed by atoms with Crippen molar-refractivity contribution in [3.05, 3.63) is 206 Å². The van der Waals surface area contributed by atoms with Gasteiger partial charge in [0.1, 0.15) is 0 Å². The Morgan fingerprint density at radius 2 is 0.951 bits per heavy atom. The minimum absolute atomic E-state index is 0.702. The van der Waals surface area contributed by atoms with Gasteiger partial charge in [0.05, 0.1) is 44.3 Å². The molecule has 0 spiro atoms. The molecule has 0 aliphatic carbocycles. The summed E-state index contributed by atoms with van der Waals surface area (Å²) in [4.78, 5) is 10.5. The van der Waals surface area contributed by atoms with Crippen LogP contribution in [0.5, 0.6) is 0 Å². The molecule has 4 nitrogen and oxygen atoms in total. The van der Waals surface area contributed by atoms with Crippen LogP contribution in [0.25, 0.3) is 120 Å². The molecule has 13 rings (SSSR count). The van der Waals surface area contributed by atoms with E-state index < -0.39 is 0 Å². The maximum absolute atomic E-state index is 5.38. The van der Waals surface area contributed by atoms with Gasteiger partial charge in [0.15, 0.2) is 5.82 Å². The van der Waals surface area contributed by atoms with Gasteiger partial charge < -0.3 is 9.13 Å². The fourth-order valence-electron chi connectivity index (χ4n) is 9.69. The minimum atomic E-state index is 0.702. The lowest BCUT2D eigenvalue weighted by Gasteiger charge is -2.15. The summed E-state index contributed by atoms with van der Waals surface area (Å²) in [5, 5.41) is 9.98. The number of hydrogen-bond acceptors (Lipinski definition) is 3. The molecule has 0 radical (unpaired) electrons. The molecule has 0 N–H and O–H groups in total. The molecule has 5 heteroatoms. The molecular weight excluding hydrogens is 761 g/mol. The summed E-state index contributed by atoms with van der Waals surface area (Å²) in [7, 11) is 0. The zero-order valence-electron chi connectivity index (χ0n) is 32.8. The van der Waals surface area contributed by atoms with Crippen LogP contribution in [-0.2, 0) is 0 Å². The largest absolute Gasteiger partial charge is 0.309 e. The van der Waals surface area contributed by atoms with Crippen LogP contribution in [0, 0.1) is 0 Å². The van der Waals surface area contributed by atoms with Gasteiger partial charge in [0, 0.05) is 53.8 Å². The number of para-hydroxylation sites is 2. The van der Waals surface area contributed by atoms with E-state index in [1.54, 1.807) is 0 Å². The standard InChI is InChI=1S/C56H34N4S/c1-4-16-35(17-5-1)53-49(34-57-56(58-53)36-18-6-2-7-19-36)60-48-31-29-38(37-28-30-47-44(32-37)40-22-12-14-26-46(40)59(47)39-20-8-3-9-21-39)33-45(48)51-41-23-10-11-24-42(41)52-43-25-13-15-27-50(43)61-55(52)54(51)60/h1-34H. The third kappa shape index (κ3) is 5.11. The maximum atomic E-state index is 5.38. The molecule has 0 aliphatic rings. The first-order valence-corrected chi connectivity index (χ1v) is 21.5. The van der Waals surface area contributed by atoms with E-state index in [2.05, 4.69) is 191 Å². The average molecular weight is 795 g/mol. The summed E-state index contributed by atoms with van der Waals surface area (Å²) in [5.41, 5.74) is 12.1. The van der Waals surface area contributed by atoms with Gasteiger partial charge >= 0.3 is 0 Å².